The molecule has 0 saturated heterocycles. The van der Waals surface area contributed by atoms with Crippen LogP contribution >= 0.6 is 0 Å². The molecule has 0 aliphatic rings. The van der Waals surface area contributed by atoms with Gasteiger partial charge in [-0.15, -0.1) is 0 Å². The van der Waals surface area contributed by atoms with Crippen molar-refractivity contribution in [2.24, 2.45) is 0 Å². The fraction of sp³-hybridized carbons (Fsp3) is 0.947. The Hall–Kier alpha value is -1.36. The third-order valence-electron chi connectivity index (χ3n) is 17.8. The van der Waals surface area contributed by atoms with Crippen LogP contribution in [-0.4, -0.2) is 36.4 Å². The molecule has 0 bridgehead atoms. The molecule has 0 aromatic carbocycles. The van der Waals surface area contributed by atoms with Crippen LogP contribution in [0.4, 0.5) is 0 Å². The summed E-state index contributed by atoms with van der Waals surface area (Å²) in [6.45, 7) is 4.22. The molecule has 0 radical (unpaired) electrons. The van der Waals surface area contributed by atoms with Crippen molar-refractivity contribution < 1.29 is 24.2 Å². The lowest BCUT2D eigenvalue weighted by atomic mass is 10.0. The summed E-state index contributed by atoms with van der Waals surface area (Å²) < 4.78 is 10.8. The lowest BCUT2D eigenvalue weighted by molar-refractivity contribution is -0.161. The summed E-state index contributed by atoms with van der Waals surface area (Å²) in [6.07, 6.45) is 94.3. The first-order valence-electron chi connectivity index (χ1n) is 37.7. The van der Waals surface area contributed by atoms with Crippen LogP contribution in [0, 0.1) is 0 Å². The maximum atomic E-state index is 12.4. The average Bonchev–Trinajstić information content (AvgIpc) is 3.47. The smallest absolute Gasteiger partial charge is 0.306 e. The molecule has 0 fully saturated rings. The van der Waals surface area contributed by atoms with Gasteiger partial charge >= 0.3 is 11.9 Å². The van der Waals surface area contributed by atoms with Gasteiger partial charge in [-0.1, -0.05) is 405 Å². The predicted octanol–water partition coefficient (Wildman–Crippen LogP) is 26.2. The summed E-state index contributed by atoms with van der Waals surface area (Å²) in [7, 11) is 0. The highest BCUT2D eigenvalue weighted by molar-refractivity contribution is 5.70. The molecule has 0 rings (SSSR count). The molecule has 0 spiro atoms. The van der Waals surface area contributed by atoms with Crippen molar-refractivity contribution >= 4 is 11.9 Å². The van der Waals surface area contributed by atoms with Gasteiger partial charge in [-0.25, -0.2) is 0 Å². The van der Waals surface area contributed by atoms with E-state index in [1.165, 1.54) is 385 Å². The van der Waals surface area contributed by atoms with E-state index in [1.54, 1.807) is 0 Å². The number of esters is 2. The molecule has 0 aromatic rings. The minimum atomic E-state index is -0.767. The molecule has 0 amide bonds. The fourth-order valence-corrected chi connectivity index (χ4v) is 12.1. The van der Waals surface area contributed by atoms with Crippen LogP contribution in [0.1, 0.15) is 444 Å². The van der Waals surface area contributed by atoms with E-state index in [1.807, 2.05) is 0 Å². The first-order valence-corrected chi connectivity index (χ1v) is 37.7. The highest BCUT2D eigenvalue weighted by Gasteiger charge is 2.16. The molecule has 5 heteroatoms. The number of ether oxygens (including phenoxy) is 2. The average molecular weight is 1140 g/mol. The van der Waals surface area contributed by atoms with Crippen LogP contribution in [0.3, 0.4) is 0 Å². The number of carbonyl (C=O) groups excluding carboxylic acids is 2. The minimum Gasteiger partial charge on any atom is -0.462 e. The molecule has 1 atom stereocenters. The SMILES string of the molecule is CCCCCCCCCC/C=C\CCCCCCCCCCCCCCCCCCCCCCCC(=O)OC(CO)COC(=O)CCCCCCCCCCCCCCCCCCCCCCCCCCCCCCCCCCCC. The zero-order chi connectivity index (χ0) is 58.4. The molecule has 0 aliphatic heterocycles. The zero-order valence-electron chi connectivity index (χ0n) is 55.6. The Labute approximate surface area is 509 Å². The van der Waals surface area contributed by atoms with E-state index in [0.717, 1.165) is 32.1 Å². The molecule has 0 aromatic heterocycles. The van der Waals surface area contributed by atoms with Crippen molar-refractivity contribution in [2.45, 2.75) is 450 Å². The molecular formula is C76H148O5. The van der Waals surface area contributed by atoms with Crippen molar-refractivity contribution in [3.63, 3.8) is 0 Å². The lowest BCUT2D eigenvalue weighted by Gasteiger charge is -2.15. The Morgan fingerprint density at radius 1 is 0.272 bits per heavy atom. The molecule has 0 saturated carbocycles. The third-order valence-corrected chi connectivity index (χ3v) is 17.8. The first kappa shape index (κ1) is 79.6. The van der Waals surface area contributed by atoms with Crippen molar-refractivity contribution in [1.82, 2.24) is 0 Å². The third kappa shape index (κ3) is 71.0. The normalized spacial score (nSPS) is 12.1. The number of aliphatic hydroxyl groups excluding tert-OH is 1. The van der Waals surface area contributed by atoms with Gasteiger partial charge in [-0.3, -0.25) is 9.59 Å². The van der Waals surface area contributed by atoms with Gasteiger partial charge in [0.15, 0.2) is 6.10 Å². The van der Waals surface area contributed by atoms with Gasteiger partial charge in [0.25, 0.3) is 0 Å². The predicted molar refractivity (Wildman–Crippen MR) is 358 cm³/mol. The van der Waals surface area contributed by atoms with Crippen molar-refractivity contribution in [2.75, 3.05) is 13.2 Å². The largest absolute Gasteiger partial charge is 0.462 e. The van der Waals surface area contributed by atoms with E-state index in [9.17, 15) is 14.7 Å². The molecule has 0 aliphatic carbocycles. The summed E-state index contributed by atoms with van der Waals surface area (Å²) >= 11 is 0. The van der Waals surface area contributed by atoms with E-state index < -0.39 is 6.10 Å². The minimum absolute atomic E-state index is 0.0564. The molecular weight excluding hydrogens is 993 g/mol. The topological polar surface area (TPSA) is 72.8 Å². The Morgan fingerprint density at radius 3 is 0.667 bits per heavy atom. The highest BCUT2D eigenvalue weighted by atomic mass is 16.6. The zero-order valence-corrected chi connectivity index (χ0v) is 55.6. The van der Waals surface area contributed by atoms with E-state index in [-0.39, 0.29) is 25.2 Å². The molecule has 0 heterocycles. The van der Waals surface area contributed by atoms with Crippen LogP contribution in [0.5, 0.6) is 0 Å². The van der Waals surface area contributed by atoms with Crippen LogP contribution in [0.15, 0.2) is 12.2 Å². The second-order valence-electron chi connectivity index (χ2n) is 26.1. The number of rotatable bonds is 72. The number of hydrogen-bond donors (Lipinski definition) is 1. The van der Waals surface area contributed by atoms with Gasteiger partial charge in [0.1, 0.15) is 6.61 Å². The first-order chi connectivity index (χ1) is 40.1. The monoisotopic (exact) mass is 1140 g/mol. The standard InChI is InChI=1S/C76H148O5/c1-3-5-7-9-11-13-15-17-19-21-23-25-27-29-31-33-35-37-39-40-42-44-46-48-50-52-54-56-58-60-62-64-66-68-70-75(78)80-73-74(72-77)81-76(79)71-69-67-65-63-61-59-57-55-53-51-49-47-45-43-41-38-36-34-32-30-28-26-24-22-20-18-16-14-12-10-8-6-4-2/h22,24,74,77H,3-21,23,25-73H2,1-2H3/b24-22-. The maximum absolute atomic E-state index is 12.4. The number of allylic oxidation sites excluding steroid dienone is 2. The highest BCUT2D eigenvalue weighted by Crippen LogP contribution is 2.20. The Morgan fingerprint density at radius 2 is 0.457 bits per heavy atom. The molecule has 482 valence electrons. The Kier molecular flexibility index (Phi) is 71.7. The summed E-state index contributed by atoms with van der Waals surface area (Å²) in [5.41, 5.74) is 0. The number of aliphatic hydroxyl groups is 1. The van der Waals surface area contributed by atoms with E-state index in [4.69, 9.17) is 9.47 Å². The summed E-state index contributed by atoms with van der Waals surface area (Å²) in [6, 6.07) is 0. The molecule has 5 nitrogen and oxygen atoms in total. The molecule has 81 heavy (non-hydrogen) atoms. The van der Waals surface area contributed by atoms with Gasteiger partial charge in [0.2, 0.25) is 0 Å². The quantitative estimate of drug-likeness (QED) is 0.0373. The molecule has 1 N–H and O–H groups in total. The van der Waals surface area contributed by atoms with Crippen LogP contribution in [0.2, 0.25) is 0 Å². The second-order valence-corrected chi connectivity index (χ2v) is 26.1. The Balaban J connectivity index is 3.35. The van der Waals surface area contributed by atoms with Gasteiger partial charge in [0, 0.05) is 12.8 Å². The van der Waals surface area contributed by atoms with Crippen molar-refractivity contribution in [3.05, 3.63) is 12.2 Å². The number of hydrogen-bond acceptors (Lipinski definition) is 5. The summed E-state index contributed by atoms with van der Waals surface area (Å²) in [5.74, 6) is -0.559. The number of unbranched alkanes of at least 4 members (excludes halogenated alkanes) is 62. The lowest BCUT2D eigenvalue weighted by Crippen LogP contribution is -2.28. The van der Waals surface area contributed by atoms with E-state index in [0.29, 0.717) is 12.8 Å². The van der Waals surface area contributed by atoms with Crippen molar-refractivity contribution in [3.8, 4) is 0 Å². The van der Waals surface area contributed by atoms with Crippen molar-refractivity contribution in [1.29, 1.82) is 0 Å². The molecule has 1 unspecified atom stereocenters. The maximum Gasteiger partial charge on any atom is 0.306 e. The van der Waals surface area contributed by atoms with E-state index >= 15 is 0 Å². The van der Waals surface area contributed by atoms with Crippen LogP contribution in [-0.2, 0) is 19.1 Å². The second kappa shape index (κ2) is 72.9. The fourth-order valence-electron chi connectivity index (χ4n) is 12.1. The van der Waals surface area contributed by atoms with Gasteiger partial charge in [0.05, 0.1) is 6.61 Å². The van der Waals surface area contributed by atoms with Gasteiger partial charge < -0.3 is 14.6 Å². The summed E-state index contributed by atoms with van der Waals surface area (Å²) in [4.78, 5) is 24.7. The van der Waals surface area contributed by atoms with Crippen LogP contribution in [0.25, 0.3) is 0 Å². The number of carbonyl (C=O) groups is 2. The summed E-state index contributed by atoms with van der Waals surface area (Å²) in [5, 5.41) is 9.71. The van der Waals surface area contributed by atoms with Gasteiger partial charge in [-0.05, 0) is 38.5 Å². The van der Waals surface area contributed by atoms with E-state index in [2.05, 4.69) is 26.0 Å². The van der Waals surface area contributed by atoms with Crippen LogP contribution < -0.4 is 0 Å². The Bertz CT molecular complexity index is 1200. The van der Waals surface area contributed by atoms with Gasteiger partial charge in [-0.2, -0.15) is 0 Å².